The molecule has 2 rings (SSSR count). The van der Waals surface area contributed by atoms with Gasteiger partial charge in [-0.2, -0.15) is 0 Å². The molecule has 2 aromatic rings. The number of aromatic carboxylic acids is 1. The number of benzene rings is 2. The number of rotatable bonds is 3. The third kappa shape index (κ3) is 3.48. The normalized spacial score (nSPS) is 10.2. The molecule has 0 saturated heterocycles. The fourth-order valence-corrected chi connectivity index (χ4v) is 2.40. The topological polar surface area (TPSA) is 86.6 Å². The van der Waals surface area contributed by atoms with Gasteiger partial charge in [-0.05, 0) is 59.0 Å². The van der Waals surface area contributed by atoms with Gasteiger partial charge < -0.3 is 15.5 Å². The summed E-state index contributed by atoms with van der Waals surface area (Å²) in [4.78, 5) is 23.2. The van der Waals surface area contributed by atoms with E-state index in [4.69, 9.17) is 5.11 Å². The molecule has 5 nitrogen and oxygen atoms in total. The maximum atomic E-state index is 13.0. The summed E-state index contributed by atoms with van der Waals surface area (Å²) in [7, 11) is 0. The van der Waals surface area contributed by atoms with Gasteiger partial charge in [0.05, 0.1) is 16.8 Å². The van der Waals surface area contributed by atoms with Crippen LogP contribution >= 0.6 is 22.6 Å². The van der Waals surface area contributed by atoms with Crippen LogP contribution in [0.25, 0.3) is 0 Å². The predicted molar refractivity (Wildman–Crippen MR) is 82.1 cm³/mol. The Bertz CT molecular complexity index is 733. The predicted octanol–water partition coefficient (Wildman–Crippen LogP) is 3.09. The number of hydrogen-bond acceptors (Lipinski definition) is 3. The van der Waals surface area contributed by atoms with Gasteiger partial charge in [0.1, 0.15) is 11.6 Å². The molecule has 108 valence electrons. The molecular weight excluding hydrogens is 392 g/mol. The van der Waals surface area contributed by atoms with Crippen molar-refractivity contribution >= 4 is 40.2 Å². The maximum absolute atomic E-state index is 13.0. The third-order valence-corrected chi connectivity index (χ3v) is 3.55. The first kappa shape index (κ1) is 15.2. The van der Waals surface area contributed by atoms with Gasteiger partial charge in [-0.25, -0.2) is 9.18 Å². The minimum atomic E-state index is -1.28. The quantitative estimate of drug-likeness (QED) is 0.545. The van der Waals surface area contributed by atoms with Crippen LogP contribution in [0.5, 0.6) is 5.75 Å². The molecule has 2 aromatic carbocycles. The lowest BCUT2D eigenvalue weighted by atomic mass is 10.1. The molecule has 3 N–H and O–H groups in total. The molecule has 0 bridgehead atoms. The van der Waals surface area contributed by atoms with Crippen LogP contribution in [-0.2, 0) is 0 Å². The molecule has 1 amide bonds. The van der Waals surface area contributed by atoms with Gasteiger partial charge in [0.15, 0.2) is 0 Å². The Kier molecular flexibility index (Phi) is 4.41. The smallest absolute Gasteiger partial charge is 0.337 e. The van der Waals surface area contributed by atoms with Gasteiger partial charge in [-0.1, -0.05) is 0 Å². The molecule has 0 fully saturated rings. The number of phenolic OH excluding ortho intramolecular Hbond substituents is 1. The molecule has 7 heteroatoms. The number of carbonyl (C=O) groups is 2. The SMILES string of the molecule is O=C(Nc1ccc(O)cc1C(=O)O)c1ccc(F)cc1I. The maximum Gasteiger partial charge on any atom is 0.337 e. The van der Waals surface area contributed by atoms with Crippen molar-refractivity contribution in [2.24, 2.45) is 0 Å². The number of halogens is 2. The molecule has 0 aromatic heterocycles. The Balaban J connectivity index is 2.34. The zero-order valence-electron chi connectivity index (χ0n) is 10.4. The zero-order valence-corrected chi connectivity index (χ0v) is 12.6. The molecule has 0 spiro atoms. The minimum Gasteiger partial charge on any atom is -0.508 e. The average Bonchev–Trinajstić information content (AvgIpc) is 2.40. The van der Waals surface area contributed by atoms with Crippen LogP contribution in [0.3, 0.4) is 0 Å². The molecule has 0 radical (unpaired) electrons. The Morgan fingerprint density at radius 2 is 1.81 bits per heavy atom. The Labute approximate surface area is 132 Å². The fourth-order valence-electron chi connectivity index (χ4n) is 1.68. The highest BCUT2D eigenvalue weighted by Crippen LogP contribution is 2.23. The molecule has 0 aliphatic rings. The third-order valence-electron chi connectivity index (χ3n) is 2.66. The summed E-state index contributed by atoms with van der Waals surface area (Å²) in [6, 6.07) is 7.24. The van der Waals surface area contributed by atoms with Crippen molar-refractivity contribution in [1.82, 2.24) is 0 Å². The molecule has 21 heavy (non-hydrogen) atoms. The summed E-state index contributed by atoms with van der Waals surface area (Å²) in [5.74, 6) is -2.53. The van der Waals surface area contributed by atoms with Gasteiger partial charge >= 0.3 is 5.97 Å². The van der Waals surface area contributed by atoms with E-state index in [-0.39, 0.29) is 22.6 Å². The van der Waals surface area contributed by atoms with Crippen molar-refractivity contribution < 1.29 is 24.2 Å². The van der Waals surface area contributed by atoms with Crippen LogP contribution in [0.15, 0.2) is 36.4 Å². The molecule has 0 aliphatic heterocycles. The first-order valence-corrected chi connectivity index (χ1v) is 6.79. The number of phenols is 1. The van der Waals surface area contributed by atoms with Gasteiger partial charge in [0.25, 0.3) is 5.91 Å². The number of aromatic hydroxyl groups is 1. The lowest BCUT2D eigenvalue weighted by molar-refractivity contribution is 0.0697. The van der Waals surface area contributed by atoms with Crippen LogP contribution < -0.4 is 5.32 Å². The molecule has 0 unspecified atom stereocenters. The van der Waals surface area contributed by atoms with Crippen molar-refractivity contribution in [2.75, 3.05) is 5.32 Å². The van der Waals surface area contributed by atoms with E-state index < -0.39 is 17.7 Å². The summed E-state index contributed by atoms with van der Waals surface area (Å²) in [6.07, 6.45) is 0. The highest BCUT2D eigenvalue weighted by molar-refractivity contribution is 14.1. The fraction of sp³-hybridized carbons (Fsp3) is 0. The number of carboxylic acid groups (broad SMARTS) is 1. The standard InChI is InChI=1S/C14H9FINO4/c15-7-1-3-9(11(16)5-7)13(19)17-12-4-2-8(18)6-10(12)14(20)21/h1-6,18H,(H,17,19)(H,20,21). The van der Waals surface area contributed by atoms with E-state index in [1.807, 2.05) is 22.6 Å². The van der Waals surface area contributed by atoms with Crippen molar-refractivity contribution in [2.45, 2.75) is 0 Å². The summed E-state index contributed by atoms with van der Waals surface area (Å²) < 4.78 is 13.4. The minimum absolute atomic E-state index is 0.0467. The van der Waals surface area contributed by atoms with E-state index in [1.54, 1.807) is 0 Å². The number of hydrogen-bond donors (Lipinski definition) is 3. The molecule has 0 heterocycles. The molecular formula is C14H9FINO4. The van der Waals surface area contributed by atoms with E-state index in [1.165, 1.54) is 24.3 Å². The van der Waals surface area contributed by atoms with Gasteiger partial charge in [-0.3, -0.25) is 4.79 Å². The van der Waals surface area contributed by atoms with Crippen molar-refractivity contribution in [1.29, 1.82) is 0 Å². The summed E-state index contributed by atoms with van der Waals surface area (Å²) in [5, 5.41) is 20.8. The first-order valence-electron chi connectivity index (χ1n) is 5.71. The molecule has 0 aliphatic carbocycles. The van der Waals surface area contributed by atoms with Gasteiger partial charge in [-0.15, -0.1) is 0 Å². The molecule has 0 saturated carbocycles. The number of carboxylic acids is 1. The highest BCUT2D eigenvalue weighted by atomic mass is 127. The van der Waals surface area contributed by atoms with E-state index in [0.717, 1.165) is 12.1 Å². The lowest BCUT2D eigenvalue weighted by Gasteiger charge is -2.10. The van der Waals surface area contributed by atoms with Crippen molar-refractivity contribution in [3.8, 4) is 5.75 Å². The second-order valence-electron chi connectivity index (χ2n) is 4.11. The summed E-state index contributed by atoms with van der Waals surface area (Å²) >= 11 is 1.81. The highest BCUT2D eigenvalue weighted by Gasteiger charge is 2.16. The van der Waals surface area contributed by atoms with Crippen LogP contribution in [0.1, 0.15) is 20.7 Å². The lowest BCUT2D eigenvalue weighted by Crippen LogP contribution is -2.16. The summed E-state index contributed by atoms with van der Waals surface area (Å²) in [6.45, 7) is 0. The number of amides is 1. The van der Waals surface area contributed by atoms with Gasteiger partial charge in [0, 0.05) is 3.57 Å². The number of carbonyl (C=O) groups excluding carboxylic acids is 1. The van der Waals surface area contributed by atoms with Crippen LogP contribution in [0, 0.1) is 9.39 Å². The molecule has 0 atom stereocenters. The Morgan fingerprint density at radius 3 is 2.43 bits per heavy atom. The summed E-state index contributed by atoms with van der Waals surface area (Å²) in [5.41, 5.74) is 0.0345. The van der Waals surface area contributed by atoms with Crippen LogP contribution in [-0.4, -0.2) is 22.1 Å². The number of anilines is 1. The van der Waals surface area contributed by atoms with Crippen LogP contribution in [0.4, 0.5) is 10.1 Å². The van der Waals surface area contributed by atoms with E-state index in [2.05, 4.69) is 5.32 Å². The largest absolute Gasteiger partial charge is 0.508 e. The van der Waals surface area contributed by atoms with Crippen molar-refractivity contribution in [3.63, 3.8) is 0 Å². The van der Waals surface area contributed by atoms with Gasteiger partial charge in [0.2, 0.25) is 0 Å². The van der Waals surface area contributed by atoms with E-state index >= 15 is 0 Å². The Morgan fingerprint density at radius 1 is 1.10 bits per heavy atom. The second kappa shape index (κ2) is 6.08. The number of nitrogens with one attached hydrogen (secondary N) is 1. The monoisotopic (exact) mass is 401 g/mol. The van der Waals surface area contributed by atoms with Crippen molar-refractivity contribution in [3.05, 3.63) is 56.9 Å². The first-order chi connectivity index (χ1) is 9.88. The zero-order chi connectivity index (χ0) is 15.6. The van der Waals surface area contributed by atoms with Crippen LogP contribution in [0.2, 0.25) is 0 Å². The average molecular weight is 401 g/mol. The van der Waals surface area contributed by atoms with E-state index in [9.17, 15) is 19.1 Å². The Hall–Kier alpha value is -2.16. The second-order valence-corrected chi connectivity index (χ2v) is 5.28. The van der Waals surface area contributed by atoms with E-state index in [0.29, 0.717) is 3.57 Å².